The molecule has 102 valence electrons. The van der Waals surface area contributed by atoms with Gasteiger partial charge in [-0.15, -0.1) is 0 Å². The highest BCUT2D eigenvalue weighted by molar-refractivity contribution is 5.27. The van der Waals surface area contributed by atoms with Crippen LogP contribution in [0.2, 0.25) is 0 Å². The van der Waals surface area contributed by atoms with E-state index in [2.05, 4.69) is 5.32 Å². The van der Waals surface area contributed by atoms with Crippen LogP contribution in [0.15, 0.2) is 34.9 Å². The van der Waals surface area contributed by atoms with Gasteiger partial charge in [0.05, 0.1) is 6.26 Å². The molecule has 0 aliphatic heterocycles. The van der Waals surface area contributed by atoms with E-state index in [0.717, 1.165) is 17.7 Å². The Labute approximate surface area is 111 Å². The second-order valence-corrected chi connectivity index (χ2v) is 4.40. The summed E-state index contributed by atoms with van der Waals surface area (Å²) in [5, 5.41) is 3.09. The molecule has 1 aromatic heterocycles. The van der Waals surface area contributed by atoms with Gasteiger partial charge in [-0.25, -0.2) is 8.78 Å². The third-order valence-electron chi connectivity index (χ3n) is 3.29. The molecule has 1 unspecified atom stereocenters. The van der Waals surface area contributed by atoms with Gasteiger partial charge in [-0.3, -0.25) is 0 Å². The smallest absolute Gasteiger partial charge is 0.129 e. The van der Waals surface area contributed by atoms with E-state index in [4.69, 9.17) is 4.42 Å². The quantitative estimate of drug-likeness (QED) is 0.893. The Bertz CT molecular complexity index is 531. The average Bonchev–Trinajstić information content (AvgIpc) is 2.87. The first-order chi connectivity index (χ1) is 9.17. The van der Waals surface area contributed by atoms with E-state index >= 15 is 0 Å². The highest BCUT2D eigenvalue weighted by Gasteiger charge is 2.19. The first kappa shape index (κ1) is 13.7. The van der Waals surface area contributed by atoms with Crippen LogP contribution in [-0.4, -0.2) is 7.05 Å². The minimum Gasteiger partial charge on any atom is -0.469 e. The molecule has 0 spiro atoms. The lowest BCUT2D eigenvalue weighted by atomic mass is 9.98. The van der Waals surface area contributed by atoms with Crippen LogP contribution in [0.3, 0.4) is 0 Å². The lowest BCUT2D eigenvalue weighted by Crippen LogP contribution is -2.20. The Kier molecular flexibility index (Phi) is 4.32. The summed E-state index contributed by atoms with van der Waals surface area (Å²) in [6.45, 7) is 1.98. The van der Waals surface area contributed by atoms with E-state index in [0.29, 0.717) is 0 Å². The fraction of sp³-hybridized carbons (Fsp3) is 0.333. The summed E-state index contributed by atoms with van der Waals surface area (Å²) in [5.74, 6) is -0.181. The Morgan fingerprint density at radius 3 is 2.47 bits per heavy atom. The fourth-order valence-electron chi connectivity index (χ4n) is 2.25. The molecule has 0 bridgehead atoms. The van der Waals surface area contributed by atoms with E-state index in [1.807, 2.05) is 13.0 Å². The van der Waals surface area contributed by atoms with Crippen LogP contribution >= 0.6 is 0 Å². The van der Waals surface area contributed by atoms with Crippen molar-refractivity contribution in [1.29, 1.82) is 0 Å². The zero-order valence-corrected chi connectivity index (χ0v) is 11.0. The van der Waals surface area contributed by atoms with Crippen LogP contribution in [0.4, 0.5) is 8.78 Å². The van der Waals surface area contributed by atoms with Crippen LogP contribution in [0, 0.1) is 11.6 Å². The number of hydrogen-bond acceptors (Lipinski definition) is 2. The molecule has 1 aromatic carbocycles. The third-order valence-corrected chi connectivity index (χ3v) is 3.29. The first-order valence-corrected chi connectivity index (χ1v) is 6.33. The highest BCUT2D eigenvalue weighted by atomic mass is 19.1. The van der Waals surface area contributed by atoms with Crippen molar-refractivity contribution in [3.63, 3.8) is 0 Å². The molecule has 2 rings (SSSR count). The molecule has 2 aromatic rings. The van der Waals surface area contributed by atoms with Crippen LogP contribution in [0.5, 0.6) is 0 Å². The van der Waals surface area contributed by atoms with E-state index in [1.165, 1.54) is 18.2 Å². The maximum Gasteiger partial charge on any atom is 0.129 e. The zero-order chi connectivity index (χ0) is 13.8. The topological polar surface area (TPSA) is 25.2 Å². The second kappa shape index (κ2) is 5.97. The van der Waals surface area contributed by atoms with Gasteiger partial charge in [0.2, 0.25) is 0 Å². The summed E-state index contributed by atoms with van der Waals surface area (Å²) >= 11 is 0. The Balaban J connectivity index is 2.29. The number of aryl methyl sites for hydroxylation is 1. The van der Waals surface area contributed by atoms with E-state index < -0.39 is 11.6 Å². The summed E-state index contributed by atoms with van der Waals surface area (Å²) in [7, 11) is 1.77. The third kappa shape index (κ3) is 2.84. The molecule has 0 aliphatic rings. The highest BCUT2D eigenvalue weighted by Crippen LogP contribution is 2.25. The summed E-state index contributed by atoms with van der Waals surface area (Å²) in [6.07, 6.45) is 2.61. The summed E-state index contributed by atoms with van der Waals surface area (Å²) < 4.78 is 32.7. The van der Waals surface area contributed by atoms with Crippen molar-refractivity contribution in [2.45, 2.75) is 25.8 Å². The molecule has 2 nitrogen and oxygen atoms in total. The number of furan rings is 1. The number of benzene rings is 1. The molecule has 0 aliphatic carbocycles. The molecule has 1 atom stereocenters. The summed E-state index contributed by atoms with van der Waals surface area (Å²) in [6, 6.07) is 5.61. The second-order valence-electron chi connectivity index (χ2n) is 4.40. The van der Waals surface area contributed by atoms with Crippen LogP contribution in [0.1, 0.15) is 29.9 Å². The van der Waals surface area contributed by atoms with Gasteiger partial charge in [-0.05, 0) is 31.7 Å². The first-order valence-electron chi connectivity index (χ1n) is 6.33. The normalized spacial score (nSPS) is 12.6. The van der Waals surface area contributed by atoms with Crippen molar-refractivity contribution in [3.05, 3.63) is 59.1 Å². The number of nitrogens with one attached hydrogen (secondary N) is 1. The minimum atomic E-state index is -0.512. The standard InChI is InChI=1S/C15H17F2NO/c1-3-15-10(7-8-19-15)14(18-2)9-11-12(16)5-4-6-13(11)17/h4-8,14,18H,3,9H2,1-2H3. The van der Waals surface area contributed by atoms with Crippen molar-refractivity contribution in [1.82, 2.24) is 5.32 Å². The largest absolute Gasteiger partial charge is 0.469 e. The van der Waals surface area contributed by atoms with Crippen molar-refractivity contribution in [2.24, 2.45) is 0 Å². The van der Waals surface area contributed by atoms with E-state index in [9.17, 15) is 8.78 Å². The summed E-state index contributed by atoms with van der Waals surface area (Å²) in [5.41, 5.74) is 1.05. The van der Waals surface area contributed by atoms with Crippen LogP contribution in [-0.2, 0) is 12.8 Å². The maximum atomic E-state index is 13.7. The number of likely N-dealkylation sites (N-methyl/N-ethyl adjacent to an activating group) is 1. The predicted octanol–water partition coefficient (Wildman–Crippen LogP) is 3.62. The minimum absolute atomic E-state index is 0.102. The fourth-order valence-corrected chi connectivity index (χ4v) is 2.25. The van der Waals surface area contributed by atoms with Gasteiger partial charge in [0, 0.05) is 23.6 Å². The van der Waals surface area contributed by atoms with Crippen molar-refractivity contribution >= 4 is 0 Å². The molecular weight excluding hydrogens is 248 g/mol. The van der Waals surface area contributed by atoms with Gasteiger partial charge in [0.25, 0.3) is 0 Å². The van der Waals surface area contributed by atoms with Crippen LogP contribution < -0.4 is 5.32 Å². The van der Waals surface area contributed by atoms with Gasteiger partial charge < -0.3 is 9.73 Å². The van der Waals surface area contributed by atoms with E-state index in [1.54, 1.807) is 13.3 Å². The SMILES string of the molecule is CCc1occc1C(Cc1c(F)cccc1F)NC. The van der Waals surface area contributed by atoms with Gasteiger partial charge in [-0.1, -0.05) is 13.0 Å². The summed E-state index contributed by atoms with van der Waals surface area (Å²) in [4.78, 5) is 0. The van der Waals surface area contributed by atoms with Crippen molar-refractivity contribution in [2.75, 3.05) is 7.05 Å². The van der Waals surface area contributed by atoms with Gasteiger partial charge >= 0.3 is 0 Å². The van der Waals surface area contributed by atoms with Gasteiger partial charge in [0.1, 0.15) is 17.4 Å². The number of rotatable bonds is 5. The molecule has 0 amide bonds. The van der Waals surface area contributed by atoms with Crippen LogP contribution in [0.25, 0.3) is 0 Å². The predicted molar refractivity (Wildman–Crippen MR) is 69.9 cm³/mol. The van der Waals surface area contributed by atoms with E-state index in [-0.39, 0.29) is 18.0 Å². The number of halogens is 2. The Morgan fingerprint density at radius 2 is 1.89 bits per heavy atom. The maximum absolute atomic E-state index is 13.7. The molecule has 0 radical (unpaired) electrons. The molecule has 19 heavy (non-hydrogen) atoms. The zero-order valence-electron chi connectivity index (χ0n) is 11.0. The molecule has 0 saturated carbocycles. The molecule has 1 heterocycles. The molecule has 1 N–H and O–H groups in total. The number of hydrogen-bond donors (Lipinski definition) is 1. The molecule has 0 fully saturated rings. The molecule has 4 heteroatoms. The Hall–Kier alpha value is -1.68. The van der Waals surface area contributed by atoms with Crippen molar-refractivity contribution in [3.8, 4) is 0 Å². The lowest BCUT2D eigenvalue weighted by Gasteiger charge is -2.17. The lowest BCUT2D eigenvalue weighted by molar-refractivity contribution is 0.484. The van der Waals surface area contributed by atoms with Gasteiger partial charge in [-0.2, -0.15) is 0 Å². The van der Waals surface area contributed by atoms with Crippen molar-refractivity contribution < 1.29 is 13.2 Å². The molecule has 0 saturated heterocycles. The molecular formula is C15H17F2NO. The monoisotopic (exact) mass is 265 g/mol. The Morgan fingerprint density at radius 1 is 1.21 bits per heavy atom. The van der Waals surface area contributed by atoms with Gasteiger partial charge in [0.15, 0.2) is 0 Å². The average molecular weight is 265 g/mol.